The smallest absolute Gasteiger partial charge is 0.392 e. The number of alkyl halides is 3. The number of halogens is 4. The van der Waals surface area contributed by atoms with Crippen molar-refractivity contribution in [3.8, 4) is 0 Å². The van der Waals surface area contributed by atoms with Crippen molar-refractivity contribution in [2.24, 2.45) is 23.2 Å². The first kappa shape index (κ1) is 27.9. The van der Waals surface area contributed by atoms with E-state index in [2.05, 4.69) is 5.32 Å². The van der Waals surface area contributed by atoms with Gasteiger partial charge >= 0.3 is 12.1 Å². The third-order valence-electron chi connectivity index (χ3n) is 6.99. The number of benzene rings is 1. The molecule has 1 aromatic rings. The van der Waals surface area contributed by atoms with E-state index in [1.807, 2.05) is 13.0 Å². The van der Waals surface area contributed by atoms with Crippen molar-refractivity contribution >= 4 is 17.6 Å². The summed E-state index contributed by atoms with van der Waals surface area (Å²) in [5.74, 6) is -6.03. The lowest BCUT2D eigenvalue weighted by Gasteiger charge is -2.31. The Kier molecular flexibility index (Phi) is 8.06. The largest absolute Gasteiger partial charge is 0.460 e. The van der Waals surface area contributed by atoms with Gasteiger partial charge in [-0.3, -0.25) is 9.59 Å². The molecule has 0 aromatic heterocycles. The Morgan fingerprint density at radius 1 is 1.19 bits per heavy atom. The number of anilines is 1. The molecule has 0 spiro atoms. The molecule has 1 N–H and O–H groups in total. The molecule has 3 atom stereocenters. The molecule has 1 amide bonds. The fraction of sp³-hybridized carbons (Fsp3) is 0.571. The van der Waals surface area contributed by atoms with E-state index in [0.29, 0.717) is 19.3 Å². The highest BCUT2D eigenvalue weighted by Gasteiger charge is 2.52. The van der Waals surface area contributed by atoms with E-state index in [0.717, 1.165) is 18.9 Å². The number of hydrogen-bond acceptors (Lipinski definition) is 3. The second kappa shape index (κ2) is 10.4. The first-order valence-corrected chi connectivity index (χ1v) is 12.4. The molecule has 2 aliphatic rings. The van der Waals surface area contributed by atoms with Crippen molar-refractivity contribution in [3.63, 3.8) is 0 Å². The van der Waals surface area contributed by atoms with Gasteiger partial charge < -0.3 is 10.1 Å². The zero-order chi connectivity index (χ0) is 26.9. The van der Waals surface area contributed by atoms with Gasteiger partial charge in [0.15, 0.2) is 0 Å². The van der Waals surface area contributed by atoms with Gasteiger partial charge in [0.2, 0.25) is 5.91 Å². The highest BCUT2D eigenvalue weighted by atomic mass is 19.4. The minimum Gasteiger partial charge on any atom is -0.460 e. The summed E-state index contributed by atoms with van der Waals surface area (Å²) in [7, 11) is 0. The molecular weight excluding hydrogens is 474 g/mol. The van der Waals surface area contributed by atoms with Gasteiger partial charge in [-0.25, -0.2) is 4.39 Å². The molecule has 3 rings (SSSR count). The Labute approximate surface area is 210 Å². The Morgan fingerprint density at radius 2 is 1.86 bits per heavy atom. The number of amides is 1. The molecule has 1 fully saturated rings. The van der Waals surface area contributed by atoms with Crippen molar-refractivity contribution < 1.29 is 31.9 Å². The maximum atomic E-state index is 15.4. The predicted octanol–water partition coefficient (Wildman–Crippen LogP) is 7.16. The molecule has 1 saturated carbocycles. The number of esters is 1. The van der Waals surface area contributed by atoms with E-state index >= 15 is 4.39 Å². The third kappa shape index (κ3) is 6.56. The quantitative estimate of drug-likeness (QED) is 0.299. The molecule has 0 radical (unpaired) electrons. The summed E-state index contributed by atoms with van der Waals surface area (Å²) < 4.78 is 62.0. The van der Waals surface area contributed by atoms with Gasteiger partial charge in [0.25, 0.3) is 0 Å². The zero-order valence-electron chi connectivity index (χ0n) is 21.5. The highest BCUT2D eigenvalue weighted by Crippen LogP contribution is 2.50. The first-order valence-electron chi connectivity index (χ1n) is 12.4. The van der Waals surface area contributed by atoms with Crippen LogP contribution in [0.4, 0.5) is 23.2 Å². The van der Waals surface area contributed by atoms with Gasteiger partial charge in [0, 0.05) is 0 Å². The average Bonchev–Trinajstić information content (AvgIpc) is 3.56. The fourth-order valence-electron chi connectivity index (χ4n) is 4.59. The minimum absolute atomic E-state index is 0.0930. The Bertz CT molecular complexity index is 1050. The average molecular weight is 510 g/mol. The predicted molar refractivity (Wildman–Crippen MR) is 131 cm³/mol. The van der Waals surface area contributed by atoms with E-state index in [4.69, 9.17) is 4.74 Å². The Balaban J connectivity index is 1.81. The molecule has 0 aliphatic heterocycles. The third-order valence-corrected chi connectivity index (χ3v) is 6.99. The molecule has 36 heavy (non-hydrogen) atoms. The van der Waals surface area contributed by atoms with Crippen LogP contribution in [-0.2, 0) is 20.7 Å². The van der Waals surface area contributed by atoms with Crippen LogP contribution in [0.3, 0.4) is 0 Å². The van der Waals surface area contributed by atoms with Crippen LogP contribution in [-0.4, -0.2) is 23.7 Å². The van der Waals surface area contributed by atoms with Crippen LogP contribution >= 0.6 is 0 Å². The van der Waals surface area contributed by atoms with E-state index < -0.39 is 52.6 Å². The highest BCUT2D eigenvalue weighted by molar-refractivity contribution is 5.93. The number of ether oxygens (including phenoxy) is 1. The summed E-state index contributed by atoms with van der Waals surface area (Å²) in [5.41, 5.74) is -0.472. The zero-order valence-corrected chi connectivity index (χ0v) is 21.5. The Hall–Kier alpha value is -2.64. The normalized spacial score (nSPS) is 20.8. The van der Waals surface area contributed by atoms with Crippen molar-refractivity contribution in [1.82, 2.24) is 0 Å². The molecule has 0 bridgehead atoms. The van der Waals surface area contributed by atoms with Crippen LogP contribution in [0, 0.1) is 29.0 Å². The lowest BCUT2D eigenvalue weighted by atomic mass is 9.77. The molecule has 8 heteroatoms. The first-order chi connectivity index (χ1) is 16.7. The maximum Gasteiger partial charge on any atom is 0.392 e. The number of carbonyl (C=O) groups excluding carboxylic acids is 2. The number of carbonyl (C=O) groups is 2. The summed E-state index contributed by atoms with van der Waals surface area (Å²) in [6.07, 6.45) is 2.93. The van der Waals surface area contributed by atoms with Crippen LogP contribution in [0.25, 0.3) is 0 Å². The van der Waals surface area contributed by atoms with Crippen molar-refractivity contribution in [1.29, 1.82) is 0 Å². The summed E-state index contributed by atoms with van der Waals surface area (Å²) >= 11 is 0. The molecule has 1 aromatic carbocycles. The molecule has 4 nitrogen and oxygen atoms in total. The van der Waals surface area contributed by atoms with E-state index in [-0.39, 0.29) is 17.7 Å². The number of hydrogen-bond donors (Lipinski definition) is 1. The van der Waals surface area contributed by atoms with Crippen LogP contribution in [0.5, 0.6) is 0 Å². The van der Waals surface area contributed by atoms with Gasteiger partial charge in [0.1, 0.15) is 11.4 Å². The molecule has 0 saturated heterocycles. The van der Waals surface area contributed by atoms with Crippen LogP contribution < -0.4 is 5.32 Å². The van der Waals surface area contributed by atoms with E-state index in [9.17, 15) is 22.8 Å². The number of nitrogens with one attached hydrogen (secondary N) is 1. The molecule has 1 unspecified atom stereocenters. The minimum atomic E-state index is -4.59. The molecular formula is C28H35F4NO3. The molecule has 2 aliphatic carbocycles. The molecule has 0 heterocycles. The fourth-order valence-corrected chi connectivity index (χ4v) is 4.59. The van der Waals surface area contributed by atoms with Crippen LogP contribution in [0.1, 0.15) is 65.9 Å². The molecule has 198 valence electrons. The van der Waals surface area contributed by atoms with Crippen molar-refractivity contribution in [3.05, 3.63) is 53.4 Å². The second-order valence-corrected chi connectivity index (χ2v) is 11.0. The second-order valence-electron chi connectivity index (χ2n) is 11.0. The van der Waals surface area contributed by atoms with Gasteiger partial charge in [-0.2, -0.15) is 13.2 Å². The van der Waals surface area contributed by atoms with Gasteiger partial charge in [0.05, 0.1) is 22.9 Å². The standard InChI is InChI=1S/C28H35F4NO3/c1-6-18-10-12-19(13-11-18)22(17(2)28(30,31)32)24(34)33-21-9-7-8-20(23(21)29)16-27(14-15-27)25(35)36-26(3,4)5/h7-12,17,19,22H,6,13-16H2,1-5H3,(H,33,34)/t17-,19?,22+/m1/s1. The lowest BCUT2D eigenvalue weighted by Crippen LogP contribution is -2.40. The summed E-state index contributed by atoms with van der Waals surface area (Å²) in [5, 5.41) is 2.42. The monoisotopic (exact) mass is 509 g/mol. The summed E-state index contributed by atoms with van der Waals surface area (Å²) in [4.78, 5) is 25.8. The SMILES string of the molecule is CCC1=CCC([C@@H](C(=O)Nc2cccc(CC3(C(=O)OC(C)(C)C)CC3)c2F)[C@@H](C)C(F)(F)F)C=C1. The van der Waals surface area contributed by atoms with Crippen LogP contribution in [0.15, 0.2) is 42.0 Å². The number of rotatable bonds is 8. The Morgan fingerprint density at radius 3 is 2.36 bits per heavy atom. The van der Waals surface area contributed by atoms with Gasteiger partial charge in [-0.05, 0) is 70.4 Å². The topological polar surface area (TPSA) is 55.4 Å². The van der Waals surface area contributed by atoms with Crippen molar-refractivity contribution in [2.45, 2.75) is 78.5 Å². The van der Waals surface area contributed by atoms with E-state index in [1.165, 1.54) is 18.2 Å². The summed E-state index contributed by atoms with van der Waals surface area (Å²) in [6, 6.07) is 4.37. The number of allylic oxidation sites excluding steroid dienone is 4. The van der Waals surface area contributed by atoms with Crippen LogP contribution in [0.2, 0.25) is 0 Å². The summed E-state index contributed by atoms with van der Waals surface area (Å²) in [6.45, 7) is 8.22. The van der Waals surface area contributed by atoms with Gasteiger partial charge in [-0.15, -0.1) is 0 Å². The van der Waals surface area contributed by atoms with Crippen molar-refractivity contribution in [2.75, 3.05) is 5.32 Å². The lowest BCUT2D eigenvalue weighted by molar-refractivity contribution is -0.188. The van der Waals surface area contributed by atoms with E-state index in [1.54, 1.807) is 32.9 Å². The van der Waals surface area contributed by atoms with Gasteiger partial charge in [-0.1, -0.05) is 49.8 Å². The maximum absolute atomic E-state index is 15.4.